The van der Waals surface area contributed by atoms with Gasteiger partial charge in [-0.2, -0.15) is 10.1 Å². The lowest BCUT2D eigenvalue weighted by molar-refractivity contribution is 0.0987. The minimum Gasteiger partial charge on any atom is -0.494 e. The molecule has 0 saturated carbocycles. The van der Waals surface area contributed by atoms with Crippen LogP contribution in [0.15, 0.2) is 71.8 Å². The number of hydrazone groups is 1. The summed E-state index contributed by atoms with van der Waals surface area (Å²) in [5, 5.41) is 6.45. The van der Waals surface area contributed by atoms with Gasteiger partial charge in [0.1, 0.15) is 5.75 Å². The number of amides is 1. The van der Waals surface area contributed by atoms with Crippen molar-refractivity contribution in [1.29, 1.82) is 0 Å². The predicted molar refractivity (Wildman–Crippen MR) is 128 cm³/mol. The molecule has 0 N–H and O–H groups in total. The maximum atomic E-state index is 13.4. The Morgan fingerprint density at radius 3 is 2.58 bits per heavy atom. The number of carbonyl (C=O) groups excluding carboxylic acids is 1. The Labute approximate surface area is 185 Å². The van der Waals surface area contributed by atoms with Gasteiger partial charge in [0.05, 0.1) is 23.0 Å². The number of aryl methyl sites for hydroxylation is 2. The zero-order valence-corrected chi connectivity index (χ0v) is 18.5. The van der Waals surface area contributed by atoms with Crippen LogP contribution >= 0.6 is 11.3 Å². The number of benzene rings is 3. The van der Waals surface area contributed by atoms with E-state index in [9.17, 15) is 4.79 Å². The molecule has 4 rings (SSSR count). The molecule has 1 heterocycles. The largest absolute Gasteiger partial charge is 0.494 e. The summed E-state index contributed by atoms with van der Waals surface area (Å²) in [6.45, 7) is 6.57. The Hall–Kier alpha value is -3.51. The zero-order chi connectivity index (χ0) is 21.8. The second kappa shape index (κ2) is 9.10. The summed E-state index contributed by atoms with van der Waals surface area (Å²) in [5.41, 5.74) is 4.45. The highest BCUT2D eigenvalue weighted by Crippen LogP contribution is 2.30. The third-order valence-electron chi connectivity index (χ3n) is 4.68. The maximum Gasteiger partial charge on any atom is 0.280 e. The smallest absolute Gasteiger partial charge is 0.280 e. The van der Waals surface area contributed by atoms with Gasteiger partial charge in [-0.05, 0) is 80.4 Å². The van der Waals surface area contributed by atoms with E-state index in [0.29, 0.717) is 17.3 Å². The van der Waals surface area contributed by atoms with E-state index in [2.05, 4.69) is 16.2 Å². The standard InChI is InChI=1S/C25H23N3O2S/c1-4-30-21-11-9-19(10-12-21)16-26-28(24(29)20-7-5-6-17(2)14-20)25-27-22-13-8-18(3)15-23(22)31-25/h5-16H,4H2,1-3H3/b26-16+. The van der Waals surface area contributed by atoms with Crippen LogP contribution in [0.25, 0.3) is 10.2 Å². The van der Waals surface area contributed by atoms with Gasteiger partial charge < -0.3 is 4.74 Å². The van der Waals surface area contributed by atoms with E-state index in [-0.39, 0.29) is 5.91 Å². The van der Waals surface area contributed by atoms with Crippen LogP contribution in [0.5, 0.6) is 5.75 Å². The molecular formula is C25H23N3O2S. The highest BCUT2D eigenvalue weighted by atomic mass is 32.1. The Morgan fingerprint density at radius 2 is 1.84 bits per heavy atom. The van der Waals surface area contributed by atoms with Gasteiger partial charge in [-0.15, -0.1) is 0 Å². The number of hydrogen-bond donors (Lipinski definition) is 0. The van der Waals surface area contributed by atoms with E-state index in [1.165, 1.54) is 16.3 Å². The zero-order valence-electron chi connectivity index (χ0n) is 17.7. The van der Waals surface area contributed by atoms with Crippen LogP contribution in [0.1, 0.15) is 34.0 Å². The fourth-order valence-electron chi connectivity index (χ4n) is 3.14. The summed E-state index contributed by atoms with van der Waals surface area (Å²) >= 11 is 1.45. The van der Waals surface area contributed by atoms with Gasteiger partial charge in [0.2, 0.25) is 5.13 Å². The summed E-state index contributed by atoms with van der Waals surface area (Å²) in [7, 11) is 0. The van der Waals surface area contributed by atoms with Crippen LogP contribution < -0.4 is 9.75 Å². The molecule has 0 radical (unpaired) electrons. The first-order valence-corrected chi connectivity index (χ1v) is 10.9. The molecule has 0 saturated heterocycles. The minimum absolute atomic E-state index is 0.221. The molecule has 1 amide bonds. The normalized spacial score (nSPS) is 11.2. The maximum absolute atomic E-state index is 13.4. The summed E-state index contributed by atoms with van der Waals surface area (Å²) < 4.78 is 6.51. The van der Waals surface area contributed by atoms with E-state index in [1.807, 2.05) is 75.4 Å². The molecule has 0 bridgehead atoms. The Bertz CT molecular complexity index is 1250. The average Bonchev–Trinajstić information content (AvgIpc) is 3.18. The molecule has 0 spiro atoms. The van der Waals surface area contributed by atoms with Crippen molar-refractivity contribution >= 4 is 38.8 Å². The van der Waals surface area contributed by atoms with E-state index in [1.54, 1.807) is 12.3 Å². The Morgan fingerprint density at radius 1 is 1.06 bits per heavy atom. The third-order valence-corrected chi connectivity index (χ3v) is 5.68. The number of thiazole rings is 1. The van der Waals surface area contributed by atoms with Crippen molar-refractivity contribution in [3.05, 3.63) is 89.0 Å². The first kappa shape index (κ1) is 20.8. The number of rotatable bonds is 6. The highest BCUT2D eigenvalue weighted by molar-refractivity contribution is 7.22. The molecule has 1 aromatic heterocycles. The van der Waals surface area contributed by atoms with Gasteiger partial charge in [0, 0.05) is 5.56 Å². The van der Waals surface area contributed by atoms with Gasteiger partial charge in [-0.3, -0.25) is 4.79 Å². The van der Waals surface area contributed by atoms with E-state index in [4.69, 9.17) is 4.74 Å². The molecule has 3 aromatic carbocycles. The summed E-state index contributed by atoms with van der Waals surface area (Å²) in [6.07, 6.45) is 1.67. The number of fused-ring (bicyclic) bond motifs is 1. The first-order valence-electron chi connectivity index (χ1n) is 10.1. The lowest BCUT2D eigenvalue weighted by atomic mass is 10.1. The Kier molecular flexibility index (Phi) is 6.09. The second-order valence-corrected chi connectivity index (χ2v) is 8.21. The molecule has 0 atom stereocenters. The van der Waals surface area contributed by atoms with Gasteiger partial charge >= 0.3 is 0 Å². The fourth-order valence-corrected chi connectivity index (χ4v) is 4.16. The van der Waals surface area contributed by atoms with Crippen LogP contribution in [0.2, 0.25) is 0 Å². The summed E-state index contributed by atoms with van der Waals surface area (Å²) in [4.78, 5) is 18.0. The molecular weight excluding hydrogens is 406 g/mol. The number of ether oxygens (including phenoxy) is 1. The lowest BCUT2D eigenvalue weighted by Gasteiger charge is -2.14. The number of carbonyl (C=O) groups is 1. The minimum atomic E-state index is -0.221. The molecule has 0 aliphatic heterocycles. The topological polar surface area (TPSA) is 54.8 Å². The summed E-state index contributed by atoms with van der Waals surface area (Å²) in [6, 6.07) is 21.1. The van der Waals surface area contributed by atoms with Crippen molar-refractivity contribution in [3.8, 4) is 5.75 Å². The quantitative estimate of drug-likeness (QED) is 0.279. The van der Waals surface area contributed by atoms with Gasteiger partial charge in [0.25, 0.3) is 5.91 Å². The monoisotopic (exact) mass is 429 g/mol. The van der Waals surface area contributed by atoms with E-state index < -0.39 is 0 Å². The van der Waals surface area contributed by atoms with Crippen LogP contribution in [-0.2, 0) is 0 Å². The second-order valence-electron chi connectivity index (χ2n) is 7.20. The van der Waals surface area contributed by atoms with Crippen molar-refractivity contribution < 1.29 is 9.53 Å². The van der Waals surface area contributed by atoms with Crippen molar-refractivity contribution in [2.45, 2.75) is 20.8 Å². The van der Waals surface area contributed by atoms with Crippen molar-refractivity contribution in [3.63, 3.8) is 0 Å². The Balaban J connectivity index is 1.71. The predicted octanol–water partition coefficient (Wildman–Crippen LogP) is 5.99. The number of anilines is 1. The van der Waals surface area contributed by atoms with E-state index >= 15 is 0 Å². The van der Waals surface area contributed by atoms with Crippen LogP contribution in [0.3, 0.4) is 0 Å². The molecule has 5 nitrogen and oxygen atoms in total. The van der Waals surface area contributed by atoms with Gasteiger partial charge in [-0.25, -0.2) is 4.98 Å². The molecule has 31 heavy (non-hydrogen) atoms. The molecule has 4 aromatic rings. The van der Waals surface area contributed by atoms with Crippen molar-refractivity contribution in [1.82, 2.24) is 4.98 Å². The number of aromatic nitrogens is 1. The first-order chi connectivity index (χ1) is 15.0. The molecule has 0 fully saturated rings. The average molecular weight is 430 g/mol. The third kappa shape index (κ3) is 4.81. The molecule has 156 valence electrons. The van der Waals surface area contributed by atoms with Crippen molar-refractivity contribution in [2.24, 2.45) is 5.10 Å². The highest BCUT2D eigenvalue weighted by Gasteiger charge is 2.21. The summed E-state index contributed by atoms with van der Waals surface area (Å²) in [5.74, 6) is 0.579. The molecule has 0 unspecified atom stereocenters. The van der Waals surface area contributed by atoms with E-state index in [0.717, 1.165) is 32.7 Å². The SMILES string of the molecule is CCOc1ccc(/C=N/N(C(=O)c2cccc(C)c2)c2nc3ccc(C)cc3s2)cc1. The van der Waals surface area contributed by atoms with Crippen LogP contribution in [0.4, 0.5) is 5.13 Å². The molecule has 6 heteroatoms. The van der Waals surface area contributed by atoms with Crippen LogP contribution in [0, 0.1) is 13.8 Å². The van der Waals surface area contributed by atoms with Gasteiger partial charge in [-0.1, -0.05) is 35.1 Å². The number of nitrogens with zero attached hydrogens (tertiary/aromatic N) is 3. The van der Waals surface area contributed by atoms with Gasteiger partial charge in [0.15, 0.2) is 0 Å². The number of hydrogen-bond acceptors (Lipinski definition) is 5. The van der Waals surface area contributed by atoms with Crippen LogP contribution in [-0.4, -0.2) is 23.7 Å². The lowest BCUT2D eigenvalue weighted by Crippen LogP contribution is -2.25. The fraction of sp³-hybridized carbons (Fsp3) is 0.160. The van der Waals surface area contributed by atoms with Crippen molar-refractivity contribution in [2.75, 3.05) is 11.6 Å². The molecule has 0 aliphatic carbocycles. The molecule has 0 aliphatic rings.